The zero-order chi connectivity index (χ0) is 14.7. The van der Waals surface area contributed by atoms with Gasteiger partial charge in [0.25, 0.3) is 5.91 Å². The molecule has 5 heteroatoms. The van der Waals surface area contributed by atoms with Crippen LogP contribution in [0.2, 0.25) is 0 Å². The summed E-state index contributed by atoms with van der Waals surface area (Å²) in [5.74, 6) is -0.0878. The minimum Gasteiger partial charge on any atom is -0.495 e. The highest BCUT2D eigenvalue weighted by Gasteiger charge is 2.33. The van der Waals surface area contributed by atoms with Gasteiger partial charge >= 0.3 is 5.97 Å². The van der Waals surface area contributed by atoms with Crippen LogP contribution < -0.4 is 10.1 Å². The van der Waals surface area contributed by atoms with Gasteiger partial charge in [-0.1, -0.05) is 6.07 Å². The molecule has 0 bridgehead atoms. The Morgan fingerprint density at radius 1 is 1.35 bits per heavy atom. The second-order valence-electron chi connectivity index (χ2n) is 5.05. The van der Waals surface area contributed by atoms with Gasteiger partial charge < -0.3 is 14.8 Å². The van der Waals surface area contributed by atoms with Crippen LogP contribution in [-0.2, 0) is 14.3 Å². The molecule has 1 aliphatic rings. The number of carbonyl (C=O) groups is 2. The van der Waals surface area contributed by atoms with Crippen molar-refractivity contribution in [3.8, 4) is 5.75 Å². The smallest absolute Gasteiger partial charge is 0.309 e. The Bertz CT molecular complexity index is 523. The Hall–Kier alpha value is -2.04. The van der Waals surface area contributed by atoms with E-state index in [1.54, 1.807) is 13.0 Å². The number of amides is 1. The Morgan fingerprint density at radius 2 is 2.05 bits per heavy atom. The zero-order valence-electron chi connectivity index (χ0n) is 11.9. The normalized spacial score (nSPS) is 15.3. The molecule has 1 aromatic carbocycles. The van der Waals surface area contributed by atoms with Crippen LogP contribution in [0.25, 0.3) is 0 Å². The van der Waals surface area contributed by atoms with Gasteiger partial charge in [-0.2, -0.15) is 0 Å². The van der Waals surface area contributed by atoms with Crippen LogP contribution in [0, 0.1) is 12.8 Å². The molecule has 0 spiro atoms. The van der Waals surface area contributed by atoms with Crippen molar-refractivity contribution >= 4 is 17.6 Å². The fourth-order valence-corrected chi connectivity index (χ4v) is 1.80. The number of benzene rings is 1. The molecule has 5 nitrogen and oxygen atoms in total. The van der Waals surface area contributed by atoms with E-state index in [1.165, 1.54) is 7.11 Å². The Kier molecular flexibility index (Phi) is 4.27. The van der Waals surface area contributed by atoms with E-state index in [0.717, 1.165) is 18.4 Å². The molecule has 0 saturated heterocycles. The van der Waals surface area contributed by atoms with E-state index < -0.39 is 6.10 Å². The summed E-state index contributed by atoms with van der Waals surface area (Å²) in [6.07, 6.45) is 0.908. The average Bonchev–Trinajstić information content (AvgIpc) is 3.23. The second kappa shape index (κ2) is 5.94. The molecule has 1 aliphatic carbocycles. The van der Waals surface area contributed by atoms with Crippen LogP contribution >= 0.6 is 0 Å². The van der Waals surface area contributed by atoms with Crippen molar-refractivity contribution < 1.29 is 19.1 Å². The lowest BCUT2D eigenvalue weighted by Gasteiger charge is -2.15. The maximum atomic E-state index is 12.0. The number of rotatable bonds is 5. The molecule has 0 heterocycles. The molecule has 0 radical (unpaired) electrons. The first-order valence-electron chi connectivity index (χ1n) is 6.67. The van der Waals surface area contributed by atoms with Crippen LogP contribution in [-0.4, -0.2) is 25.1 Å². The summed E-state index contributed by atoms with van der Waals surface area (Å²) >= 11 is 0. The van der Waals surface area contributed by atoms with Crippen molar-refractivity contribution in [2.24, 2.45) is 5.92 Å². The lowest BCUT2D eigenvalue weighted by molar-refractivity contribution is -0.154. The van der Waals surface area contributed by atoms with Gasteiger partial charge in [0, 0.05) is 0 Å². The summed E-state index contributed by atoms with van der Waals surface area (Å²) in [7, 11) is 1.54. The number of hydrogen-bond acceptors (Lipinski definition) is 4. The van der Waals surface area contributed by atoms with E-state index in [4.69, 9.17) is 9.47 Å². The number of anilines is 1. The number of methoxy groups -OCH3 is 1. The van der Waals surface area contributed by atoms with E-state index in [-0.39, 0.29) is 17.8 Å². The summed E-state index contributed by atoms with van der Waals surface area (Å²) in [5, 5.41) is 2.73. The molecule has 1 N–H and O–H groups in total. The maximum Gasteiger partial charge on any atom is 0.309 e. The van der Waals surface area contributed by atoms with Crippen LogP contribution in [0.5, 0.6) is 5.75 Å². The van der Waals surface area contributed by atoms with Crippen molar-refractivity contribution in [1.82, 2.24) is 0 Å². The summed E-state index contributed by atoms with van der Waals surface area (Å²) in [4.78, 5) is 23.5. The molecule has 1 unspecified atom stereocenters. The molecule has 1 fully saturated rings. The van der Waals surface area contributed by atoms with Gasteiger partial charge in [-0.05, 0) is 44.4 Å². The topological polar surface area (TPSA) is 64.6 Å². The molecule has 0 aliphatic heterocycles. The minimum absolute atomic E-state index is 0.0150. The summed E-state index contributed by atoms with van der Waals surface area (Å²) in [6.45, 7) is 3.49. The van der Waals surface area contributed by atoms with Gasteiger partial charge in [0.05, 0.1) is 18.7 Å². The number of carbonyl (C=O) groups excluding carboxylic acids is 2. The van der Waals surface area contributed by atoms with Crippen molar-refractivity contribution in [2.45, 2.75) is 32.8 Å². The van der Waals surface area contributed by atoms with Crippen LogP contribution in [0.3, 0.4) is 0 Å². The second-order valence-corrected chi connectivity index (χ2v) is 5.05. The largest absolute Gasteiger partial charge is 0.495 e. The van der Waals surface area contributed by atoms with E-state index in [2.05, 4.69) is 5.32 Å². The molecule has 20 heavy (non-hydrogen) atoms. The lowest BCUT2D eigenvalue weighted by atomic mass is 10.2. The fourth-order valence-electron chi connectivity index (χ4n) is 1.80. The predicted molar refractivity (Wildman–Crippen MR) is 74.6 cm³/mol. The highest BCUT2D eigenvalue weighted by molar-refractivity contribution is 5.96. The predicted octanol–water partition coefficient (Wildman–Crippen LogP) is 2.28. The first kappa shape index (κ1) is 14.4. The number of nitrogens with one attached hydrogen (secondary N) is 1. The molecule has 108 valence electrons. The van der Waals surface area contributed by atoms with E-state index in [0.29, 0.717) is 11.4 Å². The number of ether oxygens (including phenoxy) is 2. The fraction of sp³-hybridized carbons (Fsp3) is 0.467. The maximum absolute atomic E-state index is 12.0. The number of esters is 1. The van der Waals surface area contributed by atoms with Crippen molar-refractivity contribution in [1.29, 1.82) is 0 Å². The van der Waals surface area contributed by atoms with Gasteiger partial charge in [0.2, 0.25) is 0 Å². The van der Waals surface area contributed by atoms with E-state index in [9.17, 15) is 9.59 Å². The highest BCUT2D eigenvalue weighted by atomic mass is 16.5. The third kappa shape index (κ3) is 3.50. The molecule has 1 amide bonds. The van der Waals surface area contributed by atoms with Gasteiger partial charge in [0.15, 0.2) is 6.10 Å². The average molecular weight is 277 g/mol. The zero-order valence-corrected chi connectivity index (χ0v) is 11.9. The number of aryl methyl sites for hydroxylation is 1. The Morgan fingerprint density at radius 3 is 2.65 bits per heavy atom. The van der Waals surface area contributed by atoms with Gasteiger partial charge in [-0.25, -0.2) is 0 Å². The van der Waals surface area contributed by atoms with Gasteiger partial charge in [0.1, 0.15) is 5.75 Å². The van der Waals surface area contributed by atoms with Crippen molar-refractivity contribution in [2.75, 3.05) is 12.4 Å². The minimum atomic E-state index is -0.812. The number of hydrogen-bond donors (Lipinski definition) is 1. The summed E-state index contributed by atoms with van der Waals surface area (Å²) < 4.78 is 10.3. The first-order valence-corrected chi connectivity index (χ1v) is 6.67. The Balaban J connectivity index is 1.99. The quantitative estimate of drug-likeness (QED) is 0.839. The van der Waals surface area contributed by atoms with E-state index >= 15 is 0 Å². The third-order valence-corrected chi connectivity index (χ3v) is 3.19. The van der Waals surface area contributed by atoms with Crippen LogP contribution in [0.1, 0.15) is 25.3 Å². The van der Waals surface area contributed by atoms with Crippen molar-refractivity contribution in [3.63, 3.8) is 0 Å². The lowest BCUT2D eigenvalue weighted by Crippen LogP contribution is -2.30. The molecule has 0 aromatic heterocycles. The first-order chi connectivity index (χ1) is 9.51. The molecule has 1 saturated carbocycles. The van der Waals surface area contributed by atoms with Gasteiger partial charge in [-0.3, -0.25) is 9.59 Å². The molecular weight excluding hydrogens is 258 g/mol. The van der Waals surface area contributed by atoms with Crippen LogP contribution in [0.4, 0.5) is 5.69 Å². The molecule has 1 atom stereocenters. The van der Waals surface area contributed by atoms with E-state index in [1.807, 2.05) is 19.1 Å². The summed E-state index contributed by atoms with van der Waals surface area (Å²) in [6, 6.07) is 5.49. The third-order valence-electron chi connectivity index (χ3n) is 3.19. The van der Waals surface area contributed by atoms with Gasteiger partial charge in [-0.15, -0.1) is 0 Å². The Labute approximate surface area is 118 Å². The standard InChI is InChI=1S/C15H19NO4/c1-9-4-7-13(19-3)12(8-9)16-14(17)10(2)20-15(18)11-5-6-11/h4,7-8,10-11H,5-6H2,1-3H3,(H,16,17). The molecule has 1 aromatic rings. The highest BCUT2D eigenvalue weighted by Crippen LogP contribution is 2.30. The van der Waals surface area contributed by atoms with Crippen molar-refractivity contribution in [3.05, 3.63) is 23.8 Å². The molecular formula is C15H19NO4. The monoisotopic (exact) mass is 277 g/mol. The molecule has 2 rings (SSSR count). The summed E-state index contributed by atoms with van der Waals surface area (Å²) in [5.41, 5.74) is 1.58. The SMILES string of the molecule is COc1ccc(C)cc1NC(=O)C(C)OC(=O)C1CC1. The van der Waals surface area contributed by atoms with Crippen LogP contribution in [0.15, 0.2) is 18.2 Å².